The van der Waals surface area contributed by atoms with E-state index < -0.39 is 0 Å². The molecule has 1 saturated heterocycles. The first-order valence-electron chi connectivity index (χ1n) is 8.99. The van der Waals surface area contributed by atoms with Gasteiger partial charge in [-0.05, 0) is 36.4 Å². The van der Waals surface area contributed by atoms with Gasteiger partial charge in [0.1, 0.15) is 11.6 Å². The molecule has 0 saturated carbocycles. The molecule has 8 heteroatoms. The molecule has 0 radical (unpaired) electrons. The molecule has 1 fully saturated rings. The SMILES string of the molecule is O=C(c1ccc(Nc2cccc(F)c2)nc1)N1CCN(c2ncccn2)CC1. The highest BCUT2D eigenvalue weighted by molar-refractivity contribution is 5.94. The van der Waals surface area contributed by atoms with Gasteiger partial charge in [0.05, 0.1) is 5.56 Å². The maximum Gasteiger partial charge on any atom is 0.255 e. The Kier molecular flexibility index (Phi) is 5.09. The maximum absolute atomic E-state index is 13.3. The molecule has 0 spiro atoms. The van der Waals surface area contributed by atoms with Crippen LogP contribution >= 0.6 is 0 Å². The third-order valence-electron chi connectivity index (χ3n) is 4.51. The summed E-state index contributed by atoms with van der Waals surface area (Å²) in [7, 11) is 0. The zero-order chi connectivity index (χ0) is 19.3. The summed E-state index contributed by atoms with van der Waals surface area (Å²) in [6, 6.07) is 11.4. The molecule has 1 aliphatic heterocycles. The van der Waals surface area contributed by atoms with E-state index in [0.717, 1.165) is 0 Å². The fraction of sp³-hybridized carbons (Fsp3) is 0.200. The van der Waals surface area contributed by atoms with Crippen molar-refractivity contribution in [1.82, 2.24) is 19.9 Å². The molecule has 142 valence electrons. The monoisotopic (exact) mass is 378 g/mol. The number of aromatic nitrogens is 3. The lowest BCUT2D eigenvalue weighted by Crippen LogP contribution is -2.49. The minimum atomic E-state index is -0.322. The molecule has 7 nitrogen and oxygen atoms in total. The van der Waals surface area contributed by atoms with Crippen LogP contribution in [0.5, 0.6) is 0 Å². The van der Waals surface area contributed by atoms with Crippen molar-refractivity contribution in [1.29, 1.82) is 0 Å². The van der Waals surface area contributed by atoms with Gasteiger partial charge in [0.25, 0.3) is 5.91 Å². The Morgan fingerprint density at radius 3 is 2.43 bits per heavy atom. The van der Waals surface area contributed by atoms with Crippen LogP contribution in [0, 0.1) is 5.82 Å². The van der Waals surface area contributed by atoms with Gasteiger partial charge in [0.15, 0.2) is 0 Å². The van der Waals surface area contributed by atoms with Crippen LogP contribution < -0.4 is 10.2 Å². The lowest BCUT2D eigenvalue weighted by atomic mass is 10.2. The number of amides is 1. The predicted octanol–water partition coefficient (Wildman–Crippen LogP) is 2.72. The minimum absolute atomic E-state index is 0.0570. The molecule has 3 aromatic rings. The van der Waals surface area contributed by atoms with Crippen molar-refractivity contribution in [3.05, 3.63) is 72.4 Å². The quantitative estimate of drug-likeness (QED) is 0.753. The van der Waals surface area contributed by atoms with E-state index in [9.17, 15) is 9.18 Å². The number of nitrogens with one attached hydrogen (secondary N) is 1. The van der Waals surface area contributed by atoms with Gasteiger partial charge in [-0.25, -0.2) is 19.3 Å². The standard InChI is InChI=1S/C20H19FN6O/c21-16-3-1-4-17(13-16)25-18-6-5-15(14-24-18)19(28)26-9-11-27(12-10-26)20-22-7-2-8-23-20/h1-8,13-14H,9-12H2,(H,24,25). The van der Waals surface area contributed by atoms with Gasteiger partial charge in [-0.15, -0.1) is 0 Å². The first-order valence-corrected chi connectivity index (χ1v) is 8.99. The van der Waals surface area contributed by atoms with E-state index >= 15 is 0 Å². The number of rotatable bonds is 4. The van der Waals surface area contributed by atoms with Crippen LogP contribution in [0.3, 0.4) is 0 Å². The van der Waals surface area contributed by atoms with Crippen molar-refractivity contribution in [2.75, 3.05) is 36.4 Å². The highest BCUT2D eigenvalue weighted by Gasteiger charge is 2.23. The molecule has 0 unspecified atom stereocenters. The minimum Gasteiger partial charge on any atom is -0.340 e. The number of pyridine rings is 1. The van der Waals surface area contributed by atoms with E-state index in [1.54, 1.807) is 47.6 Å². The van der Waals surface area contributed by atoms with Crippen LogP contribution in [0.1, 0.15) is 10.4 Å². The number of carbonyl (C=O) groups is 1. The van der Waals surface area contributed by atoms with Crippen molar-refractivity contribution < 1.29 is 9.18 Å². The second-order valence-electron chi connectivity index (χ2n) is 6.40. The number of anilines is 3. The molecule has 1 aliphatic rings. The fourth-order valence-corrected chi connectivity index (χ4v) is 3.06. The zero-order valence-corrected chi connectivity index (χ0v) is 15.1. The third kappa shape index (κ3) is 4.06. The molecular weight excluding hydrogens is 359 g/mol. The van der Waals surface area contributed by atoms with Crippen molar-refractivity contribution in [2.45, 2.75) is 0 Å². The van der Waals surface area contributed by atoms with Crippen LogP contribution in [-0.4, -0.2) is 51.9 Å². The van der Waals surface area contributed by atoms with Crippen molar-refractivity contribution in [2.24, 2.45) is 0 Å². The number of benzene rings is 1. The summed E-state index contributed by atoms with van der Waals surface area (Å²) >= 11 is 0. The van der Waals surface area contributed by atoms with Crippen LogP contribution in [-0.2, 0) is 0 Å². The summed E-state index contributed by atoms with van der Waals surface area (Å²) in [5.74, 6) is 0.854. The summed E-state index contributed by atoms with van der Waals surface area (Å²) in [5, 5.41) is 3.02. The Bertz CT molecular complexity index is 942. The van der Waals surface area contributed by atoms with E-state index in [1.165, 1.54) is 18.3 Å². The van der Waals surface area contributed by atoms with Crippen molar-refractivity contribution in [3.8, 4) is 0 Å². The predicted molar refractivity (Wildman–Crippen MR) is 104 cm³/mol. The highest BCUT2D eigenvalue weighted by atomic mass is 19.1. The van der Waals surface area contributed by atoms with Crippen LogP contribution in [0.25, 0.3) is 0 Å². The van der Waals surface area contributed by atoms with E-state index in [2.05, 4.69) is 25.2 Å². The molecular formula is C20H19FN6O. The molecule has 0 bridgehead atoms. The molecule has 3 heterocycles. The average molecular weight is 378 g/mol. The maximum atomic E-state index is 13.3. The average Bonchev–Trinajstić information content (AvgIpc) is 2.75. The summed E-state index contributed by atoms with van der Waals surface area (Å²) in [4.78, 5) is 29.4. The summed E-state index contributed by atoms with van der Waals surface area (Å²) in [6.07, 6.45) is 4.96. The first kappa shape index (κ1) is 17.8. The van der Waals surface area contributed by atoms with E-state index in [0.29, 0.717) is 49.2 Å². The van der Waals surface area contributed by atoms with Crippen molar-refractivity contribution in [3.63, 3.8) is 0 Å². The number of hydrogen-bond acceptors (Lipinski definition) is 6. The Hall–Kier alpha value is -3.55. The second-order valence-corrected chi connectivity index (χ2v) is 6.40. The molecule has 1 amide bonds. The molecule has 1 aromatic carbocycles. The second kappa shape index (κ2) is 7.99. The Morgan fingerprint density at radius 2 is 1.75 bits per heavy atom. The van der Waals surface area contributed by atoms with Gasteiger partial charge in [-0.1, -0.05) is 6.07 Å². The number of carbonyl (C=O) groups excluding carboxylic acids is 1. The zero-order valence-electron chi connectivity index (χ0n) is 15.1. The molecule has 1 N–H and O–H groups in total. The van der Waals surface area contributed by atoms with Gasteiger partial charge in [-0.3, -0.25) is 4.79 Å². The highest BCUT2D eigenvalue weighted by Crippen LogP contribution is 2.17. The number of piperazine rings is 1. The molecule has 0 atom stereocenters. The summed E-state index contributed by atoms with van der Waals surface area (Å²) in [5.41, 5.74) is 1.13. The lowest BCUT2D eigenvalue weighted by molar-refractivity contribution is 0.0746. The normalized spacial score (nSPS) is 14.0. The fourth-order valence-electron chi connectivity index (χ4n) is 3.06. The van der Waals surface area contributed by atoms with Crippen LogP contribution in [0.2, 0.25) is 0 Å². The number of hydrogen-bond donors (Lipinski definition) is 1. The largest absolute Gasteiger partial charge is 0.340 e. The van der Waals surface area contributed by atoms with E-state index in [1.807, 2.05) is 0 Å². The molecule has 2 aromatic heterocycles. The molecule has 28 heavy (non-hydrogen) atoms. The Balaban J connectivity index is 1.36. The van der Waals surface area contributed by atoms with Gasteiger partial charge >= 0.3 is 0 Å². The Morgan fingerprint density at radius 1 is 0.964 bits per heavy atom. The van der Waals surface area contributed by atoms with Crippen LogP contribution in [0.15, 0.2) is 61.1 Å². The Labute approximate surface area is 161 Å². The molecule has 4 rings (SSSR count). The molecule has 0 aliphatic carbocycles. The van der Waals surface area contributed by atoms with Gasteiger partial charge in [0.2, 0.25) is 5.95 Å². The topological polar surface area (TPSA) is 74.2 Å². The van der Waals surface area contributed by atoms with E-state index in [4.69, 9.17) is 0 Å². The van der Waals surface area contributed by atoms with Crippen LogP contribution in [0.4, 0.5) is 21.8 Å². The first-order chi connectivity index (χ1) is 13.7. The van der Waals surface area contributed by atoms with Gasteiger partial charge in [-0.2, -0.15) is 0 Å². The smallest absolute Gasteiger partial charge is 0.255 e. The van der Waals surface area contributed by atoms with E-state index in [-0.39, 0.29) is 11.7 Å². The number of nitrogens with zero attached hydrogens (tertiary/aromatic N) is 5. The lowest BCUT2D eigenvalue weighted by Gasteiger charge is -2.34. The third-order valence-corrected chi connectivity index (χ3v) is 4.51. The summed E-state index contributed by atoms with van der Waals surface area (Å²) in [6.45, 7) is 2.56. The van der Waals surface area contributed by atoms with Gasteiger partial charge in [0, 0.05) is 50.5 Å². The van der Waals surface area contributed by atoms with Crippen molar-refractivity contribution >= 4 is 23.4 Å². The summed E-state index contributed by atoms with van der Waals surface area (Å²) < 4.78 is 13.3. The number of halogens is 1. The van der Waals surface area contributed by atoms with Gasteiger partial charge < -0.3 is 15.1 Å².